The summed E-state index contributed by atoms with van der Waals surface area (Å²) in [5, 5.41) is 0.635. The fraction of sp³-hybridized carbons (Fsp3) is 0.111. The number of nitrogen functional groups attached to an aromatic ring is 1. The lowest BCUT2D eigenvalue weighted by Crippen LogP contribution is -1.89. The molecular weight excluding hydrogens is 224 g/mol. The van der Waals surface area contributed by atoms with Crippen LogP contribution < -0.4 is 5.73 Å². The van der Waals surface area contributed by atoms with Crippen LogP contribution in [0, 0.1) is 0 Å². The largest absolute Gasteiger partial charge is 0.397 e. The quantitative estimate of drug-likeness (QED) is 0.719. The Morgan fingerprint density at radius 1 is 1.36 bits per heavy atom. The van der Waals surface area contributed by atoms with E-state index in [9.17, 15) is 8.78 Å². The van der Waals surface area contributed by atoms with Crippen molar-refractivity contribution in [3.8, 4) is 0 Å². The molecule has 0 aliphatic carbocycles. The maximum absolute atomic E-state index is 12.5. The van der Waals surface area contributed by atoms with Gasteiger partial charge in [-0.05, 0) is 12.1 Å². The van der Waals surface area contributed by atoms with Crippen LogP contribution in [-0.4, -0.2) is 0 Å². The van der Waals surface area contributed by atoms with Gasteiger partial charge in [0, 0.05) is 15.0 Å². The fourth-order valence-corrected chi connectivity index (χ4v) is 2.74. The molecule has 2 rings (SSSR count). The van der Waals surface area contributed by atoms with Crippen LogP contribution in [0.4, 0.5) is 14.5 Å². The van der Waals surface area contributed by atoms with Gasteiger partial charge in [-0.1, -0.05) is 6.07 Å². The zero-order valence-electron chi connectivity index (χ0n) is 7.00. The highest BCUT2D eigenvalue weighted by atomic mass is 32.1. The van der Waals surface area contributed by atoms with Crippen molar-refractivity contribution in [3.05, 3.63) is 23.1 Å². The van der Waals surface area contributed by atoms with E-state index in [4.69, 9.17) is 5.73 Å². The highest BCUT2D eigenvalue weighted by Crippen LogP contribution is 2.41. The molecule has 1 nitrogen and oxygen atoms in total. The van der Waals surface area contributed by atoms with Crippen LogP contribution in [0.1, 0.15) is 11.3 Å². The molecule has 0 spiro atoms. The first-order valence-corrected chi connectivity index (χ1v) is 5.15. The summed E-state index contributed by atoms with van der Waals surface area (Å²) in [4.78, 5) is 0.574. The first-order valence-electron chi connectivity index (χ1n) is 3.89. The van der Waals surface area contributed by atoms with Gasteiger partial charge in [-0.2, -0.15) is 0 Å². The summed E-state index contributed by atoms with van der Waals surface area (Å²) < 4.78 is 25.8. The number of alkyl halides is 2. The highest BCUT2D eigenvalue weighted by Gasteiger charge is 2.18. The van der Waals surface area contributed by atoms with Crippen molar-refractivity contribution >= 4 is 39.7 Å². The molecule has 0 radical (unpaired) electrons. The number of thiophene rings is 1. The molecular formula is C9H7F2NS2. The Kier molecular flexibility index (Phi) is 2.36. The third kappa shape index (κ3) is 1.36. The van der Waals surface area contributed by atoms with E-state index in [1.807, 2.05) is 0 Å². The number of thiol groups is 1. The third-order valence-electron chi connectivity index (χ3n) is 1.96. The maximum Gasteiger partial charge on any atom is 0.274 e. The smallest absolute Gasteiger partial charge is 0.274 e. The molecule has 0 bridgehead atoms. The number of halogens is 2. The SMILES string of the molecule is Nc1c(C(F)F)sc2cccc(S)c12. The second kappa shape index (κ2) is 3.40. The van der Waals surface area contributed by atoms with Gasteiger partial charge in [0.25, 0.3) is 6.43 Å². The van der Waals surface area contributed by atoms with Crippen LogP contribution in [0.2, 0.25) is 0 Å². The van der Waals surface area contributed by atoms with Gasteiger partial charge in [-0.15, -0.1) is 24.0 Å². The molecule has 2 aromatic rings. The van der Waals surface area contributed by atoms with E-state index in [-0.39, 0.29) is 10.6 Å². The van der Waals surface area contributed by atoms with Crippen molar-refractivity contribution < 1.29 is 8.78 Å². The van der Waals surface area contributed by atoms with Gasteiger partial charge in [0.1, 0.15) is 0 Å². The summed E-state index contributed by atoms with van der Waals surface area (Å²) in [6, 6.07) is 5.28. The standard InChI is InChI=1S/C9H7F2NS2/c10-9(11)8-7(12)6-4(13)2-1-3-5(6)14-8/h1-3,9,13H,12H2. The minimum atomic E-state index is -2.51. The van der Waals surface area contributed by atoms with E-state index >= 15 is 0 Å². The Hall–Kier alpha value is -0.810. The van der Waals surface area contributed by atoms with Gasteiger partial charge in [-0.25, -0.2) is 8.78 Å². The van der Waals surface area contributed by atoms with Gasteiger partial charge in [-0.3, -0.25) is 0 Å². The lowest BCUT2D eigenvalue weighted by atomic mass is 10.2. The van der Waals surface area contributed by atoms with Crippen LogP contribution in [0.15, 0.2) is 23.1 Å². The number of nitrogens with two attached hydrogens (primary N) is 1. The molecule has 0 aliphatic rings. The average molecular weight is 231 g/mol. The van der Waals surface area contributed by atoms with Crippen LogP contribution in [0.3, 0.4) is 0 Å². The first-order chi connectivity index (χ1) is 6.61. The van der Waals surface area contributed by atoms with Crippen molar-refractivity contribution in [2.75, 3.05) is 5.73 Å². The number of hydrogen-bond donors (Lipinski definition) is 2. The topological polar surface area (TPSA) is 26.0 Å². The van der Waals surface area contributed by atoms with Crippen LogP contribution in [0.5, 0.6) is 0 Å². The Bertz CT molecular complexity index is 479. The number of fused-ring (bicyclic) bond motifs is 1. The molecule has 0 atom stereocenters. The maximum atomic E-state index is 12.5. The summed E-state index contributed by atoms with van der Waals surface area (Å²) in [6.45, 7) is 0. The molecule has 5 heteroatoms. The number of anilines is 1. The summed E-state index contributed by atoms with van der Waals surface area (Å²) in [5.41, 5.74) is 5.78. The van der Waals surface area contributed by atoms with Crippen molar-refractivity contribution in [1.29, 1.82) is 0 Å². The molecule has 74 valence electrons. The van der Waals surface area contributed by atoms with Gasteiger partial charge < -0.3 is 5.73 Å². The minimum absolute atomic E-state index is 0.0681. The number of hydrogen-bond acceptors (Lipinski definition) is 3. The van der Waals surface area contributed by atoms with Gasteiger partial charge in [0.05, 0.1) is 10.6 Å². The molecule has 1 heterocycles. The van der Waals surface area contributed by atoms with Crippen molar-refractivity contribution in [1.82, 2.24) is 0 Å². The predicted molar refractivity (Wildman–Crippen MR) is 58.4 cm³/mol. The lowest BCUT2D eigenvalue weighted by molar-refractivity contribution is 0.156. The second-order valence-corrected chi connectivity index (χ2v) is 4.40. The minimum Gasteiger partial charge on any atom is -0.397 e. The second-order valence-electron chi connectivity index (χ2n) is 2.83. The predicted octanol–water partition coefficient (Wildman–Crippen LogP) is 3.71. The zero-order chi connectivity index (χ0) is 10.3. The number of rotatable bonds is 1. The zero-order valence-corrected chi connectivity index (χ0v) is 8.71. The fourth-order valence-electron chi connectivity index (χ4n) is 1.33. The Morgan fingerprint density at radius 2 is 2.07 bits per heavy atom. The van der Waals surface area contributed by atoms with E-state index in [2.05, 4.69) is 12.6 Å². The summed E-state index contributed by atoms with van der Waals surface area (Å²) in [5.74, 6) is 0. The van der Waals surface area contributed by atoms with E-state index < -0.39 is 6.43 Å². The molecule has 0 fully saturated rings. The van der Waals surface area contributed by atoms with Crippen LogP contribution in [0.25, 0.3) is 10.1 Å². The number of benzene rings is 1. The molecule has 0 saturated carbocycles. The Morgan fingerprint density at radius 3 is 2.64 bits per heavy atom. The van der Waals surface area contributed by atoms with Gasteiger partial charge in [0.15, 0.2) is 0 Å². The summed E-state index contributed by atoms with van der Waals surface area (Å²) in [7, 11) is 0. The average Bonchev–Trinajstić information content (AvgIpc) is 2.45. The Balaban J connectivity index is 2.81. The van der Waals surface area contributed by atoms with Crippen LogP contribution in [-0.2, 0) is 0 Å². The van der Waals surface area contributed by atoms with Crippen molar-refractivity contribution in [2.45, 2.75) is 11.3 Å². The molecule has 0 saturated heterocycles. The van der Waals surface area contributed by atoms with Crippen molar-refractivity contribution in [2.24, 2.45) is 0 Å². The van der Waals surface area contributed by atoms with Crippen LogP contribution >= 0.6 is 24.0 Å². The molecule has 0 aliphatic heterocycles. The summed E-state index contributed by atoms with van der Waals surface area (Å²) >= 11 is 5.21. The molecule has 2 N–H and O–H groups in total. The molecule has 1 aromatic carbocycles. The van der Waals surface area contributed by atoms with E-state index in [0.717, 1.165) is 16.0 Å². The summed E-state index contributed by atoms with van der Waals surface area (Å²) in [6.07, 6.45) is -2.51. The van der Waals surface area contributed by atoms with E-state index in [0.29, 0.717) is 10.3 Å². The van der Waals surface area contributed by atoms with E-state index in [1.54, 1.807) is 18.2 Å². The van der Waals surface area contributed by atoms with Crippen molar-refractivity contribution in [3.63, 3.8) is 0 Å². The van der Waals surface area contributed by atoms with Gasteiger partial charge in [0.2, 0.25) is 0 Å². The monoisotopic (exact) mass is 231 g/mol. The Labute approximate surface area is 88.9 Å². The molecule has 0 amide bonds. The lowest BCUT2D eigenvalue weighted by Gasteiger charge is -1.97. The highest BCUT2D eigenvalue weighted by molar-refractivity contribution is 7.80. The normalized spacial score (nSPS) is 11.4. The molecule has 14 heavy (non-hydrogen) atoms. The molecule has 0 unspecified atom stereocenters. The first kappa shape index (κ1) is 9.73. The van der Waals surface area contributed by atoms with E-state index in [1.165, 1.54) is 0 Å². The third-order valence-corrected chi connectivity index (χ3v) is 3.51. The molecule has 1 aromatic heterocycles. The van der Waals surface area contributed by atoms with Gasteiger partial charge >= 0.3 is 0 Å².